The van der Waals surface area contributed by atoms with E-state index in [0.717, 1.165) is 24.3 Å². The number of nitrogens with two attached hydrogens (primary N) is 1. The molecule has 0 radical (unpaired) electrons. The molecule has 1 aromatic rings. The molecule has 6 heteroatoms. The van der Waals surface area contributed by atoms with Crippen LogP contribution in [0.4, 0.5) is 5.69 Å². The number of carbonyl (C=O) groups excluding carboxylic acids is 1. The first kappa shape index (κ1) is 27.0. The minimum absolute atomic E-state index is 0.0689. The van der Waals surface area contributed by atoms with Gasteiger partial charge in [-0.15, -0.1) is 0 Å². The van der Waals surface area contributed by atoms with Gasteiger partial charge in [0.15, 0.2) is 0 Å². The van der Waals surface area contributed by atoms with E-state index in [1.165, 1.54) is 90.1 Å². The molecule has 29 heavy (non-hydrogen) atoms. The Morgan fingerprint density at radius 2 is 1.21 bits per heavy atom. The van der Waals surface area contributed by atoms with Crippen LogP contribution in [-0.2, 0) is 0 Å². The fourth-order valence-electron chi connectivity index (χ4n) is 3.00. The Labute approximate surface area is 176 Å². The quantitative estimate of drug-likeness (QED) is 0.251. The maximum atomic E-state index is 10.2. The second-order valence-corrected chi connectivity index (χ2v) is 7.49. The number of benzene rings is 1. The monoisotopic (exact) mass is 408 g/mol. The lowest BCUT2D eigenvalue weighted by Gasteiger charge is -2.02. The zero-order chi connectivity index (χ0) is 21.7. The van der Waals surface area contributed by atoms with Gasteiger partial charge in [0.1, 0.15) is 0 Å². The molecular weight excluding hydrogens is 368 g/mol. The number of nitro groups is 1. The van der Waals surface area contributed by atoms with E-state index in [-0.39, 0.29) is 11.3 Å². The number of rotatable bonds is 16. The fourth-order valence-corrected chi connectivity index (χ4v) is 3.00. The summed E-state index contributed by atoms with van der Waals surface area (Å²) >= 11 is 0. The summed E-state index contributed by atoms with van der Waals surface area (Å²) in [6.07, 6.45) is 17.2. The van der Waals surface area contributed by atoms with E-state index in [0.29, 0.717) is 0 Å². The minimum atomic E-state index is -1.34. The van der Waals surface area contributed by atoms with Gasteiger partial charge in [-0.25, -0.2) is 0 Å². The second kappa shape index (κ2) is 19.4. The van der Waals surface area contributed by atoms with Gasteiger partial charge in [0.25, 0.3) is 5.69 Å². The van der Waals surface area contributed by atoms with Gasteiger partial charge in [-0.3, -0.25) is 10.1 Å². The normalized spacial score (nSPS) is 10.3. The number of nitro benzene ring substituents is 1. The predicted molar refractivity (Wildman–Crippen MR) is 116 cm³/mol. The van der Waals surface area contributed by atoms with E-state index in [9.17, 15) is 20.0 Å². The topological polar surface area (TPSA) is 99.9 Å². The Morgan fingerprint density at radius 1 is 0.793 bits per heavy atom. The van der Waals surface area contributed by atoms with Crippen molar-refractivity contribution in [1.82, 2.24) is 0 Å². The van der Waals surface area contributed by atoms with Crippen LogP contribution in [0.5, 0.6) is 0 Å². The van der Waals surface area contributed by atoms with Crippen LogP contribution in [0, 0.1) is 10.1 Å². The van der Waals surface area contributed by atoms with Crippen LogP contribution in [0.25, 0.3) is 0 Å². The summed E-state index contributed by atoms with van der Waals surface area (Å²) in [7, 11) is 0. The second-order valence-electron chi connectivity index (χ2n) is 7.49. The highest BCUT2D eigenvalue weighted by molar-refractivity contribution is 5.85. The smallest absolute Gasteiger partial charge is 0.269 e. The molecule has 0 spiro atoms. The number of nitrogens with zero attached hydrogens (tertiary/aromatic N) is 1. The first-order valence-corrected chi connectivity index (χ1v) is 11.3. The summed E-state index contributed by atoms with van der Waals surface area (Å²) in [6.45, 7) is 7.30. The number of hydrogen-bond acceptors (Lipinski definition) is 4. The summed E-state index contributed by atoms with van der Waals surface area (Å²) in [5, 5.41) is 22.9. The van der Waals surface area contributed by atoms with Crippen molar-refractivity contribution in [2.24, 2.45) is 0 Å². The van der Waals surface area contributed by atoms with Gasteiger partial charge in [0.2, 0.25) is 0 Å². The van der Waals surface area contributed by atoms with Gasteiger partial charge in [-0.2, -0.15) is 0 Å². The van der Waals surface area contributed by atoms with Crippen LogP contribution in [0.2, 0.25) is 0 Å². The average molecular weight is 409 g/mol. The fraction of sp³-hybridized carbons (Fsp3) is 0.696. The Kier molecular flexibility index (Phi) is 18.1. The molecule has 166 valence electrons. The Bertz CT molecular complexity index is 485. The molecule has 6 nitrogen and oxygen atoms in total. The summed E-state index contributed by atoms with van der Waals surface area (Å²) in [5.74, 6) is -1.34. The summed E-state index contributed by atoms with van der Waals surface area (Å²) in [5.41, 5.74) is -0.208. The minimum Gasteiger partial charge on any atom is -0.545 e. The van der Waals surface area contributed by atoms with Gasteiger partial charge in [-0.1, -0.05) is 65.2 Å². The Hall–Kier alpha value is -1.95. The third-order valence-corrected chi connectivity index (χ3v) is 4.84. The summed E-state index contributed by atoms with van der Waals surface area (Å²) in [6, 6.07) is 4.50. The van der Waals surface area contributed by atoms with Crippen LogP contribution in [-0.4, -0.2) is 24.0 Å². The number of quaternary nitrogens is 1. The maximum Gasteiger partial charge on any atom is 0.269 e. The highest BCUT2D eigenvalue weighted by Gasteiger charge is 2.03. The van der Waals surface area contributed by atoms with E-state index in [4.69, 9.17) is 0 Å². The first-order valence-electron chi connectivity index (χ1n) is 11.3. The van der Waals surface area contributed by atoms with E-state index in [1.807, 2.05) is 0 Å². The lowest BCUT2D eigenvalue weighted by Crippen LogP contribution is -2.84. The van der Waals surface area contributed by atoms with Crippen molar-refractivity contribution in [2.45, 2.75) is 90.9 Å². The van der Waals surface area contributed by atoms with Crippen LogP contribution >= 0.6 is 0 Å². The van der Waals surface area contributed by atoms with Gasteiger partial charge < -0.3 is 15.2 Å². The first-order chi connectivity index (χ1) is 14.0. The van der Waals surface area contributed by atoms with Crippen LogP contribution in [0.1, 0.15) is 101 Å². The van der Waals surface area contributed by atoms with Crippen LogP contribution in [0.15, 0.2) is 24.3 Å². The van der Waals surface area contributed by atoms with Gasteiger partial charge in [0, 0.05) is 12.1 Å². The number of non-ortho nitro benzene ring substituents is 1. The standard InChI is InChI=1S/C16H35N.C7H5NO4/c1-3-5-7-9-11-13-15-17-16-14-12-10-8-6-4-2;9-7(10)5-1-3-6(4-2-5)8(11)12/h17H,3-16H2,1-2H3;1-4H,(H,9,10). The van der Waals surface area contributed by atoms with Crippen LogP contribution < -0.4 is 10.4 Å². The van der Waals surface area contributed by atoms with Gasteiger partial charge in [0.05, 0.1) is 24.0 Å². The van der Waals surface area contributed by atoms with Gasteiger partial charge in [-0.05, 0) is 43.4 Å². The molecule has 2 N–H and O–H groups in total. The maximum absolute atomic E-state index is 10.2. The molecule has 0 saturated heterocycles. The zero-order valence-corrected chi connectivity index (χ0v) is 18.4. The molecule has 0 atom stereocenters. The molecule has 0 unspecified atom stereocenters. The molecule has 0 amide bonds. The van der Waals surface area contributed by atoms with Crippen molar-refractivity contribution in [2.75, 3.05) is 13.1 Å². The highest BCUT2D eigenvalue weighted by atomic mass is 16.6. The molecule has 0 heterocycles. The Morgan fingerprint density at radius 3 is 1.59 bits per heavy atom. The molecule has 0 fully saturated rings. The van der Waals surface area contributed by atoms with Crippen molar-refractivity contribution >= 4 is 11.7 Å². The zero-order valence-electron chi connectivity index (χ0n) is 18.4. The number of unbranched alkanes of at least 4 members (excludes halogenated alkanes) is 10. The molecule has 0 aromatic heterocycles. The molecule has 1 aromatic carbocycles. The number of carboxylic acids is 1. The molecule has 0 aliphatic heterocycles. The number of carbonyl (C=O) groups is 1. The largest absolute Gasteiger partial charge is 0.545 e. The van der Waals surface area contributed by atoms with Crippen LogP contribution in [0.3, 0.4) is 0 Å². The van der Waals surface area contributed by atoms with E-state index < -0.39 is 10.9 Å². The van der Waals surface area contributed by atoms with Crippen molar-refractivity contribution < 1.29 is 20.1 Å². The SMILES string of the molecule is CCCCCCCC[NH2+]CCCCCCCC.O=C([O-])c1ccc([N+](=O)[O-])cc1. The molecule has 0 aliphatic rings. The van der Waals surface area contributed by atoms with E-state index >= 15 is 0 Å². The average Bonchev–Trinajstić information content (AvgIpc) is 2.72. The van der Waals surface area contributed by atoms with Gasteiger partial charge >= 0.3 is 0 Å². The molecule has 0 aliphatic carbocycles. The highest BCUT2D eigenvalue weighted by Crippen LogP contribution is 2.11. The number of hydrogen-bond donors (Lipinski definition) is 1. The van der Waals surface area contributed by atoms with Crippen molar-refractivity contribution in [3.05, 3.63) is 39.9 Å². The Balaban J connectivity index is 0.000000571. The molecule has 0 bridgehead atoms. The van der Waals surface area contributed by atoms with Crippen molar-refractivity contribution in [1.29, 1.82) is 0 Å². The molecule has 0 saturated carbocycles. The van der Waals surface area contributed by atoms with Crippen molar-refractivity contribution in [3.63, 3.8) is 0 Å². The molecular formula is C23H40N2O4. The van der Waals surface area contributed by atoms with E-state index in [1.54, 1.807) is 0 Å². The van der Waals surface area contributed by atoms with E-state index in [2.05, 4.69) is 19.2 Å². The third-order valence-electron chi connectivity index (χ3n) is 4.84. The number of aromatic carboxylic acids is 1. The third kappa shape index (κ3) is 16.7. The van der Waals surface area contributed by atoms with Crippen molar-refractivity contribution in [3.8, 4) is 0 Å². The lowest BCUT2D eigenvalue weighted by atomic mass is 10.1. The summed E-state index contributed by atoms with van der Waals surface area (Å²) in [4.78, 5) is 19.7. The lowest BCUT2D eigenvalue weighted by molar-refractivity contribution is -0.655. The molecule has 1 rings (SSSR count). The summed E-state index contributed by atoms with van der Waals surface area (Å²) < 4.78 is 0. The number of carboxylic acid groups (broad SMARTS) is 1. The predicted octanol–water partition coefficient (Wildman–Crippen LogP) is 4.23.